The molecule has 3 atom stereocenters. The predicted octanol–water partition coefficient (Wildman–Crippen LogP) is 3.05. The van der Waals surface area contributed by atoms with Gasteiger partial charge >= 0.3 is 6.18 Å². The first-order valence-electron chi connectivity index (χ1n) is 13.2. The molecule has 0 bridgehead atoms. The van der Waals surface area contributed by atoms with Crippen LogP contribution in [0.1, 0.15) is 71.8 Å². The minimum Gasteiger partial charge on any atom is -0.489 e. The fourth-order valence-electron chi connectivity index (χ4n) is 6.07. The minimum absolute atomic E-state index is 0.0147. The number of aromatic nitrogens is 2. The first-order valence-corrected chi connectivity index (χ1v) is 13.2. The molecule has 39 heavy (non-hydrogen) atoms. The van der Waals surface area contributed by atoms with Crippen molar-refractivity contribution >= 4 is 17.7 Å². The number of piperidine rings is 1. The predicted molar refractivity (Wildman–Crippen MR) is 131 cm³/mol. The summed E-state index contributed by atoms with van der Waals surface area (Å²) in [5, 5.41) is 2.31. The minimum atomic E-state index is -4.45. The van der Waals surface area contributed by atoms with E-state index < -0.39 is 23.7 Å². The molecule has 1 aliphatic carbocycles. The van der Waals surface area contributed by atoms with Gasteiger partial charge in [0.05, 0.1) is 5.56 Å². The number of fused-ring (bicyclic) bond motifs is 1. The Morgan fingerprint density at radius 3 is 2.46 bits per heavy atom. The van der Waals surface area contributed by atoms with E-state index >= 15 is 0 Å². The Morgan fingerprint density at radius 2 is 1.74 bits per heavy atom. The number of rotatable bonds is 5. The monoisotopic (exact) mass is 543 g/mol. The van der Waals surface area contributed by atoms with Crippen LogP contribution in [-0.2, 0) is 22.3 Å². The molecular weight excluding hydrogens is 515 g/mol. The Bertz CT molecular complexity index is 1300. The normalized spacial score (nSPS) is 26.3. The van der Waals surface area contributed by atoms with Crippen LogP contribution in [0.3, 0.4) is 0 Å². The molecule has 4 heterocycles. The molecule has 1 aromatic carbocycles. The number of nitrogens with zero attached hydrogens (tertiary/aromatic N) is 4. The first kappa shape index (κ1) is 25.7. The molecule has 0 spiro atoms. The third-order valence-corrected chi connectivity index (χ3v) is 8.19. The highest BCUT2D eigenvalue weighted by atomic mass is 19.4. The van der Waals surface area contributed by atoms with Gasteiger partial charge in [0.25, 0.3) is 5.91 Å². The van der Waals surface area contributed by atoms with Crippen LogP contribution in [0.4, 0.5) is 13.2 Å². The molecule has 3 fully saturated rings. The van der Waals surface area contributed by atoms with Gasteiger partial charge in [-0.2, -0.15) is 13.2 Å². The van der Waals surface area contributed by atoms with E-state index in [9.17, 15) is 27.6 Å². The van der Waals surface area contributed by atoms with E-state index in [1.54, 1.807) is 12.1 Å². The van der Waals surface area contributed by atoms with E-state index in [-0.39, 0.29) is 42.8 Å². The number of alkyl halides is 3. The van der Waals surface area contributed by atoms with Crippen molar-refractivity contribution < 1.29 is 32.3 Å². The van der Waals surface area contributed by atoms with E-state index in [0.717, 1.165) is 43.6 Å². The molecule has 2 aromatic rings. The summed E-state index contributed by atoms with van der Waals surface area (Å²) >= 11 is 0. The zero-order valence-corrected chi connectivity index (χ0v) is 21.1. The number of carbonyl (C=O) groups is 3. The Kier molecular flexibility index (Phi) is 6.52. The number of hydrogen-bond acceptors (Lipinski definition) is 7. The van der Waals surface area contributed by atoms with Crippen LogP contribution in [0.2, 0.25) is 0 Å². The zero-order chi connectivity index (χ0) is 27.3. The number of halogens is 3. The largest absolute Gasteiger partial charge is 0.489 e. The molecule has 3 aliphatic heterocycles. The van der Waals surface area contributed by atoms with Gasteiger partial charge in [0.2, 0.25) is 11.8 Å². The Hall–Kier alpha value is -3.54. The van der Waals surface area contributed by atoms with Gasteiger partial charge in [-0.25, -0.2) is 9.97 Å². The van der Waals surface area contributed by atoms with Gasteiger partial charge in [0, 0.05) is 56.0 Å². The molecule has 1 N–H and O–H groups in total. The first-order chi connectivity index (χ1) is 18.7. The SMILES string of the molecule is O=C1CCC(N2Cc3cc(O[C@@H]4CCCC[C@@H]4N4CC(c5ncc(C(F)(F)F)cn5)C4)ccc3C2=O)C(=O)N1. The Balaban J connectivity index is 1.09. The van der Waals surface area contributed by atoms with Gasteiger partial charge in [0.1, 0.15) is 23.7 Å². The van der Waals surface area contributed by atoms with Crippen molar-refractivity contribution in [2.24, 2.45) is 0 Å². The van der Waals surface area contributed by atoms with E-state index in [2.05, 4.69) is 20.2 Å². The number of carbonyl (C=O) groups excluding carboxylic acids is 3. The fourth-order valence-corrected chi connectivity index (χ4v) is 6.07. The highest BCUT2D eigenvalue weighted by molar-refractivity contribution is 6.05. The zero-order valence-electron chi connectivity index (χ0n) is 21.1. The lowest BCUT2D eigenvalue weighted by molar-refractivity contribution is -0.138. The fraction of sp³-hybridized carbons (Fsp3) is 0.519. The van der Waals surface area contributed by atoms with Crippen molar-refractivity contribution in [2.75, 3.05) is 13.1 Å². The van der Waals surface area contributed by atoms with Gasteiger partial charge < -0.3 is 9.64 Å². The summed E-state index contributed by atoms with van der Waals surface area (Å²) in [7, 11) is 0. The van der Waals surface area contributed by atoms with Gasteiger partial charge in [-0.05, 0) is 49.4 Å². The number of hydrogen-bond donors (Lipinski definition) is 1. The molecule has 206 valence electrons. The van der Waals surface area contributed by atoms with E-state index in [1.807, 2.05) is 6.07 Å². The van der Waals surface area contributed by atoms with Gasteiger partial charge in [-0.1, -0.05) is 6.42 Å². The summed E-state index contributed by atoms with van der Waals surface area (Å²) < 4.78 is 44.9. The lowest BCUT2D eigenvalue weighted by atomic mass is 9.86. The third kappa shape index (κ3) is 4.97. The molecule has 1 unspecified atom stereocenters. The van der Waals surface area contributed by atoms with Crippen molar-refractivity contribution in [3.63, 3.8) is 0 Å². The van der Waals surface area contributed by atoms with Crippen LogP contribution in [0.15, 0.2) is 30.6 Å². The second kappa shape index (κ2) is 9.89. The van der Waals surface area contributed by atoms with E-state index in [1.165, 1.54) is 4.90 Å². The maximum absolute atomic E-state index is 13.0. The molecule has 1 saturated carbocycles. The van der Waals surface area contributed by atoms with Crippen LogP contribution in [0.5, 0.6) is 5.75 Å². The van der Waals surface area contributed by atoms with Gasteiger partial charge in [-0.3, -0.25) is 24.6 Å². The highest BCUT2D eigenvalue weighted by Crippen LogP contribution is 2.36. The maximum atomic E-state index is 13.0. The molecule has 0 radical (unpaired) electrons. The summed E-state index contributed by atoms with van der Waals surface area (Å²) in [6, 6.07) is 4.88. The van der Waals surface area contributed by atoms with Crippen LogP contribution < -0.4 is 10.1 Å². The number of amides is 3. The number of likely N-dealkylation sites (tertiary alicyclic amines) is 1. The lowest BCUT2D eigenvalue weighted by Crippen LogP contribution is -2.57. The van der Waals surface area contributed by atoms with Crippen molar-refractivity contribution in [3.05, 3.63) is 53.1 Å². The molecule has 2 saturated heterocycles. The van der Waals surface area contributed by atoms with Crippen molar-refractivity contribution in [1.82, 2.24) is 25.1 Å². The smallest absolute Gasteiger partial charge is 0.419 e. The van der Waals surface area contributed by atoms with Crippen molar-refractivity contribution in [3.8, 4) is 5.75 Å². The Morgan fingerprint density at radius 1 is 1.00 bits per heavy atom. The van der Waals surface area contributed by atoms with Crippen molar-refractivity contribution in [2.45, 2.75) is 75.4 Å². The molecule has 3 amide bonds. The number of nitrogens with one attached hydrogen (secondary N) is 1. The summed E-state index contributed by atoms with van der Waals surface area (Å²) in [6.45, 7) is 1.61. The van der Waals surface area contributed by atoms with Gasteiger partial charge in [-0.15, -0.1) is 0 Å². The van der Waals surface area contributed by atoms with Crippen LogP contribution >= 0.6 is 0 Å². The molecule has 1 aromatic heterocycles. The summed E-state index contributed by atoms with van der Waals surface area (Å²) in [4.78, 5) is 48.5. The molecule has 9 nitrogen and oxygen atoms in total. The quantitative estimate of drug-likeness (QED) is 0.578. The lowest BCUT2D eigenvalue weighted by Gasteiger charge is -2.47. The van der Waals surface area contributed by atoms with Crippen LogP contribution in [0, 0.1) is 0 Å². The van der Waals surface area contributed by atoms with Crippen molar-refractivity contribution in [1.29, 1.82) is 0 Å². The second-order valence-electron chi connectivity index (χ2n) is 10.7. The topological polar surface area (TPSA) is 105 Å². The summed E-state index contributed by atoms with van der Waals surface area (Å²) in [6.07, 6.45) is 1.63. The van der Waals surface area contributed by atoms with E-state index in [0.29, 0.717) is 36.6 Å². The average molecular weight is 544 g/mol. The van der Waals surface area contributed by atoms with Crippen LogP contribution in [-0.4, -0.2) is 68.8 Å². The molecule has 12 heteroatoms. The number of imide groups is 1. The van der Waals surface area contributed by atoms with E-state index in [4.69, 9.17) is 4.74 Å². The second-order valence-corrected chi connectivity index (χ2v) is 10.7. The molecule has 6 rings (SSSR count). The third-order valence-electron chi connectivity index (χ3n) is 8.19. The van der Waals surface area contributed by atoms with Crippen LogP contribution in [0.25, 0.3) is 0 Å². The standard InChI is InChI=1S/C27H28F3N5O4/c28-27(29,30)17-10-31-24(32-11-17)16-12-34(13-16)20-3-1-2-4-22(20)39-18-5-6-19-15(9-18)14-35(26(19)38)21-7-8-23(36)33-25(21)37/h5-6,9-11,16,20-22H,1-4,7-8,12-14H2,(H,33,36,37)/t20-,21?,22+/m0/s1. The maximum Gasteiger partial charge on any atom is 0.419 e. The number of ether oxygens (including phenoxy) is 1. The highest BCUT2D eigenvalue weighted by Gasteiger charge is 2.42. The molecule has 4 aliphatic rings. The Labute approximate surface area is 222 Å². The summed E-state index contributed by atoms with van der Waals surface area (Å²) in [5.74, 6) is 0.0861. The summed E-state index contributed by atoms with van der Waals surface area (Å²) in [5.41, 5.74) is 0.479. The molecular formula is C27H28F3N5O4. The average Bonchev–Trinajstić information content (AvgIpc) is 3.19. The van der Waals surface area contributed by atoms with Gasteiger partial charge in [0.15, 0.2) is 0 Å². The number of benzene rings is 1.